The number of nitrogens with zero attached hydrogens (tertiary/aromatic N) is 2. The molecule has 21 heavy (non-hydrogen) atoms. The monoisotopic (exact) mass is 296 g/mol. The number of hydrogen-bond acceptors (Lipinski definition) is 3. The van der Waals surface area contributed by atoms with Crippen molar-refractivity contribution >= 4 is 6.03 Å². The lowest BCUT2D eigenvalue weighted by Crippen LogP contribution is -2.45. The van der Waals surface area contributed by atoms with Gasteiger partial charge in [0, 0.05) is 25.5 Å². The van der Waals surface area contributed by atoms with Crippen LogP contribution >= 0.6 is 0 Å². The highest BCUT2D eigenvalue weighted by Gasteiger charge is 2.22. The predicted octanol–water partition coefficient (Wildman–Crippen LogP) is 1.89. The molecular weight excluding hydrogens is 268 g/mol. The van der Waals surface area contributed by atoms with Crippen LogP contribution in [0.2, 0.25) is 0 Å². The number of nitrogens with one attached hydrogen (secondary N) is 2. The Morgan fingerprint density at radius 1 is 1.38 bits per heavy atom. The van der Waals surface area contributed by atoms with Crippen LogP contribution in [-0.4, -0.2) is 32.8 Å². The van der Waals surface area contributed by atoms with Crippen molar-refractivity contribution in [3.05, 3.63) is 18.2 Å². The molecule has 1 aromatic rings. The van der Waals surface area contributed by atoms with Gasteiger partial charge in [0.05, 0.1) is 12.1 Å². The molecule has 0 atom stereocenters. The van der Waals surface area contributed by atoms with E-state index < -0.39 is 5.60 Å². The van der Waals surface area contributed by atoms with Crippen LogP contribution in [0.1, 0.15) is 46.4 Å². The Balaban J connectivity index is 2.41. The summed E-state index contributed by atoms with van der Waals surface area (Å²) in [5.41, 5.74) is -0.826. The van der Waals surface area contributed by atoms with Crippen molar-refractivity contribution in [2.24, 2.45) is 5.92 Å². The highest BCUT2D eigenvalue weighted by atomic mass is 16.3. The molecule has 0 unspecified atom stereocenters. The SMILES string of the molecule is CCC(O)(CC)CNC(=O)NCc1nccn1CC(C)C. The number of rotatable bonds is 8. The first-order valence-electron chi connectivity index (χ1n) is 7.64. The number of hydrogen-bond donors (Lipinski definition) is 3. The van der Waals surface area contributed by atoms with Crippen LogP contribution in [0.25, 0.3) is 0 Å². The molecule has 2 amide bonds. The zero-order chi connectivity index (χ0) is 15.9. The summed E-state index contributed by atoms with van der Waals surface area (Å²) in [5, 5.41) is 15.6. The topological polar surface area (TPSA) is 79.2 Å². The van der Waals surface area contributed by atoms with E-state index in [1.54, 1.807) is 6.20 Å². The largest absolute Gasteiger partial charge is 0.388 e. The van der Waals surface area contributed by atoms with Gasteiger partial charge in [-0.15, -0.1) is 0 Å². The van der Waals surface area contributed by atoms with Gasteiger partial charge in [0.25, 0.3) is 0 Å². The third kappa shape index (κ3) is 5.75. The zero-order valence-corrected chi connectivity index (χ0v) is 13.5. The van der Waals surface area contributed by atoms with E-state index in [9.17, 15) is 9.90 Å². The van der Waals surface area contributed by atoms with Gasteiger partial charge in [0.1, 0.15) is 5.82 Å². The Bertz CT molecular complexity index is 439. The van der Waals surface area contributed by atoms with E-state index in [0.29, 0.717) is 25.3 Å². The molecule has 0 radical (unpaired) electrons. The van der Waals surface area contributed by atoms with Crippen molar-refractivity contribution in [3.63, 3.8) is 0 Å². The molecule has 6 heteroatoms. The van der Waals surface area contributed by atoms with Crippen LogP contribution < -0.4 is 10.6 Å². The Morgan fingerprint density at radius 3 is 2.62 bits per heavy atom. The molecule has 0 saturated carbocycles. The van der Waals surface area contributed by atoms with Crippen LogP contribution in [0, 0.1) is 5.92 Å². The van der Waals surface area contributed by atoms with Gasteiger partial charge in [0.15, 0.2) is 0 Å². The quantitative estimate of drug-likeness (QED) is 0.685. The second-order valence-corrected chi connectivity index (χ2v) is 5.86. The van der Waals surface area contributed by atoms with Crippen LogP contribution in [0.4, 0.5) is 4.79 Å². The first-order chi connectivity index (χ1) is 9.90. The van der Waals surface area contributed by atoms with E-state index in [1.165, 1.54) is 0 Å². The van der Waals surface area contributed by atoms with Crippen molar-refractivity contribution in [1.29, 1.82) is 0 Å². The first kappa shape index (κ1) is 17.5. The number of aliphatic hydroxyl groups is 1. The number of urea groups is 1. The van der Waals surface area contributed by atoms with Crippen molar-refractivity contribution in [1.82, 2.24) is 20.2 Å². The number of carbonyl (C=O) groups excluding carboxylic acids is 1. The minimum absolute atomic E-state index is 0.256. The summed E-state index contributed by atoms with van der Waals surface area (Å²) in [7, 11) is 0. The van der Waals surface area contributed by atoms with E-state index in [0.717, 1.165) is 12.4 Å². The normalized spacial score (nSPS) is 11.7. The van der Waals surface area contributed by atoms with Crippen LogP contribution in [0.3, 0.4) is 0 Å². The van der Waals surface area contributed by atoms with E-state index in [4.69, 9.17) is 0 Å². The molecule has 0 fully saturated rings. The molecule has 0 spiro atoms. The summed E-state index contributed by atoms with van der Waals surface area (Å²) in [6, 6.07) is -0.283. The summed E-state index contributed by atoms with van der Waals surface area (Å²) in [6.07, 6.45) is 4.89. The Kier molecular flexibility index (Phi) is 6.68. The molecule has 0 saturated heterocycles. The number of carbonyl (C=O) groups is 1. The molecular formula is C15H28N4O2. The van der Waals surface area contributed by atoms with E-state index >= 15 is 0 Å². The van der Waals surface area contributed by atoms with Crippen LogP contribution in [0.15, 0.2) is 12.4 Å². The molecule has 0 aliphatic rings. The summed E-state index contributed by atoms with van der Waals surface area (Å²) in [4.78, 5) is 16.0. The lowest BCUT2D eigenvalue weighted by molar-refractivity contribution is 0.0349. The summed E-state index contributed by atoms with van der Waals surface area (Å²) in [5.74, 6) is 1.36. The molecule has 0 aromatic carbocycles. The lowest BCUT2D eigenvalue weighted by Gasteiger charge is -2.25. The maximum absolute atomic E-state index is 11.8. The second-order valence-electron chi connectivity index (χ2n) is 5.86. The Morgan fingerprint density at radius 2 is 2.05 bits per heavy atom. The highest BCUT2D eigenvalue weighted by molar-refractivity contribution is 5.73. The average Bonchev–Trinajstić information content (AvgIpc) is 2.89. The molecule has 6 nitrogen and oxygen atoms in total. The average molecular weight is 296 g/mol. The van der Waals surface area contributed by atoms with Crippen molar-refractivity contribution in [2.45, 2.75) is 59.2 Å². The standard InChI is InChI=1S/C15H28N4O2/c1-5-15(21,6-2)11-18-14(20)17-9-13-16-7-8-19(13)10-12(3)4/h7-8,12,21H,5-6,9-11H2,1-4H3,(H2,17,18,20). The minimum Gasteiger partial charge on any atom is -0.388 e. The predicted molar refractivity (Wildman–Crippen MR) is 82.8 cm³/mol. The molecule has 1 heterocycles. The zero-order valence-electron chi connectivity index (χ0n) is 13.5. The number of aromatic nitrogens is 2. The smallest absolute Gasteiger partial charge is 0.315 e. The summed E-state index contributed by atoms with van der Waals surface area (Å²) >= 11 is 0. The lowest BCUT2D eigenvalue weighted by atomic mass is 9.98. The fraction of sp³-hybridized carbons (Fsp3) is 0.733. The minimum atomic E-state index is -0.826. The number of imidazole rings is 1. The first-order valence-corrected chi connectivity index (χ1v) is 7.64. The van der Waals surface area contributed by atoms with Crippen molar-refractivity contribution in [2.75, 3.05) is 6.54 Å². The molecule has 1 rings (SSSR count). The molecule has 120 valence electrons. The molecule has 0 bridgehead atoms. The van der Waals surface area contributed by atoms with E-state index in [-0.39, 0.29) is 12.6 Å². The third-order valence-corrected chi connectivity index (χ3v) is 3.66. The van der Waals surface area contributed by atoms with Crippen LogP contribution in [0.5, 0.6) is 0 Å². The third-order valence-electron chi connectivity index (χ3n) is 3.66. The molecule has 0 aliphatic carbocycles. The van der Waals surface area contributed by atoms with Crippen molar-refractivity contribution in [3.8, 4) is 0 Å². The highest BCUT2D eigenvalue weighted by Crippen LogP contribution is 2.12. The number of amides is 2. The fourth-order valence-corrected chi connectivity index (χ4v) is 2.03. The summed E-state index contributed by atoms with van der Waals surface area (Å²) in [6.45, 7) is 9.61. The van der Waals surface area contributed by atoms with Gasteiger partial charge in [-0.05, 0) is 18.8 Å². The van der Waals surface area contributed by atoms with E-state index in [2.05, 4.69) is 29.5 Å². The molecule has 1 aromatic heterocycles. The molecule has 0 aliphatic heterocycles. The summed E-state index contributed by atoms with van der Waals surface area (Å²) < 4.78 is 2.04. The Labute approximate surface area is 127 Å². The van der Waals surface area contributed by atoms with Gasteiger partial charge in [-0.2, -0.15) is 0 Å². The van der Waals surface area contributed by atoms with Gasteiger partial charge in [-0.3, -0.25) is 0 Å². The van der Waals surface area contributed by atoms with Gasteiger partial charge < -0.3 is 20.3 Å². The van der Waals surface area contributed by atoms with Gasteiger partial charge in [-0.25, -0.2) is 9.78 Å². The maximum Gasteiger partial charge on any atom is 0.315 e. The van der Waals surface area contributed by atoms with Gasteiger partial charge in [0.2, 0.25) is 0 Å². The fourth-order valence-electron chi connectivity index (χ4n) is 2.03. The van der Waals surface area contributed by atoms with Gasteiger partial charge in [-0.1, -0.05) is 27.7 Å². The second kappa shape index (κ2) is 8.02. The van der Waals surface area contributed by atoms with Crippen molar-refractivity contribution < 1.29 is 9.90 Å². The van der Waals surface area contributed by atoms with Gasteiger partial charge >= 0.3 is 6.03 Å². The molecule has 3 N–H and O–H groups in total. The van der Waals surface area contributed by atoms with Crippen LogP contribution in [-0.2, 0) is 13.1 Å². The Hall–Kier alpha value is -1.56. The maximum atomic E-state index is 11.8. The van der Waals surface area contributed by atoms with E-state index in [1.807, 2.05) is 24.6 Å².